The molecule has 2 N–H and O–H groups in total. The fourth-order valence-electron chi connectivity index (χ4n) is 2.36. The summed E-state index contributed by atoms with van der Waals surface area (Å²) in [6.07, 6.45) is 2.07. The quantitative estimate of drug-likeness (QED) is 0.824. The van der Waals surface area contributed by atoms with Crippen molar-refractivity contribution in [3.63, 3.8) is 0 Å². The molecule has 2 rings (SSSR count). The van der Waals surface area contributed by atoms with Crippen LogP contribution in [-0.2, 0) is 4.74 Å². The fourth-order valence-corrected chi connectivity index (χ4v) is 2.36. The third kappa shape index (κ3) is 3.60. The summed E-state index contributed by atoms with van der Waals surface area (Å²) in [6, 6.07) is 7.40. The summed E-state index contributed by atoms with van der Waals surface area (Å²) < 4.78 is 5.32. The second-order valence-electron chi connectivity index (χ2n) is 4.81. The first-order chi connectivity index (χ1) is 9.74. The molecule has 1 aliphatic heterocycles. The number of carbonyl (C=O) groups excluding carboxylic acids is 1. The van der Waals surface area contributed by atoms with Gasteiger partial charge in [-0.1, -0.05) is 17.9 Å². The van der Waals surface area contributed by atoms with E-state index in [1.807, 2.05) is 29.2 Å². The molecule has 4 heteroatoms. The van der Waals surface area contributed by atoms with Crippen LogP contribution in [0.5, 0.6) is 0 Å². The van der Waals surface area contributed by atoms with Crippen molar-refractivity contribution in [2.24, 2.45) is 5.73 Å². The highest BCUT2D eigenvalue weighted by molar-refractivity contribution is 5.94. The van der Waals surface area contributed by atoms with Crippen molar-refractivity contribution in [2.45, 2.75) is 18.9 Å². The number of amides is 1. The Bertz CT molecular complexity index is 523. The number of likely N-dealkylation sites (tertiary alicyclic amines) is 1. The number of carbonyl (C=O) groups is 1. The monoisotopic (exact) mass is 272 g/mol. The van der Waals surface area contributed by atoms with E-state index in [-0.39, 0.29) is 12.0 Å². The second-order valence-corrected chi connectivity index (χ2v) is 4.81. The number of nitrogens with zero attached hydrogens (tertiary/aromatic N) is 1. The Balaban J connectivity index is 2.06. The smallest absolute Gasteiger partial charge is 0.253 e. The van der Waals surface area contributed by atoms with E-state index in [9.17, 15) is 4.79 Å². The highest BCUT2D eigenvalue weighted by atomic mass is 16.5. The zero-order valence-electron chi connectivity index (χ0n) is 11.8. The lowest BCUT2D eigenvalue weighted by Crippen LogP contribution is -2.40. The Morgan fingerprint density at radius 1 is 1.45 bits per heavy atom. The molecule has 1 fully saturated rings. The number of methoxy groups -OCH3 is 1. The van der Waals surface area contributed by atoms with Crippen LogP contribution < -0.4 is 5.73 Å². The average molecular weight is 272 g/mol. The molecule has 0 bridgehead atoms. The van der Waals surface area contributed by atoms with Crippen LogP contribution in [0.15, 0.2) is 24.3 Å². The van der Waals surface area contributed by atoms with Crippen LogP contribution in [0.3, 0.4) is 0 Å². The molecule has 0 aliphatic carbocycles. The minimum absolute atomic E-state index is 0.0657. The highest BCUT2D eigenvalue weighted by Gasteiger charge is 2.23. The van der Waals surface area contributed by atoms with Gasteiger partial charge in [-0.15, -0.1) is 0 Å². The minimum Gasteiger partial charge on any atom is -0.381 e. The van der Waals surface area contributed by atoms with Crippen molar-refractivity contribution in [1.29, 1.82) is 0 Å². The van der Waals surface area contributed by atoms with E-state index in [0.717, 1.165) is 31.5 Å². The molecular weight excluding hydrogens is 252 g/mol. The topological polar surface area (TPSA) is 55.6 Å². The summed E-state index contributed by atoms with van der Waals surface area (Å²) in [5, 5.41) is 0. The maximum absolute atomic E-state index is 12.4. The Hall–Kier alpha value is -1.83. The lowest BCUT2D eigenvalue weighted by atomic mass is 10.1. The van der Waals surface area contributed by atoms with Gasteiger partial charge in [0, 0.05) is 31.3 Å². The van der Waals surface area contributed by atoms with Gasteiger partial charge in [0.05, 0.1) is 12.6 Å². The van der Waals surface area contributed by atoms with E-state index in [2.05, 4.69) is 11.8 Å². The number of hydrogen-bond acceptors (Lipinski definition) is 3. The Kier molecular flexibility index (Phi) is 5.16. The molecule has 20 heavy (non-hydrogen) atoms. The molecule has 1 aromatic rings. The van der Waals surface area contributed by atoms with Gasteiger partial charge in [-0.3, -0.25) is 4.79 Å². The van der Waals surface area contributed by atoms with Gasteiger partial charge in [0.2, 0.25) is 0 Å². The average Bonchev–Trinajstić information content (AvgIpc) is 2.52. The van der Waals surface area contributed by atoms with E-state index >= 15 is 0 Å². The predicted molar refractivity (Wildman–Crippen MR) is 78.3 cm³/mol. The molecule has 1 heterocycles. The summed E-state index contributed by atoms with van der Waals surface area (Å²) in [4.78, 5) is 14.3. The Morgan fingerprint density at radius 3 is 2.85 bits per heavy atom. The first-order valence-corrected chi connectivity index (χ1v) is 6.85. The first-order valence-electron chi connectivity index (χ1n) is 6.85. The summed E-state index contributed by atoms with van der Waals surface area (Å²) in [6.45, 7) is 1.81. The molecule has 106 valence electrons. The molecule has 0 unspecified atom stereocenters. The van der Waals surface area contributed by atoms with Crippen LogP contribution in [0.2, 0.25) is 0 Å². The highest BCUT2D eigenvalue weighted by Crippen LogP contribution is 2.16. The van der Waals surface area contributed by atoms with E-state index in [0.29, 0.717) is 12.1 Å². The first kappa shape index (κ1) is 14.6. The zero-order chi connectivity index (χ0) is 14.4. The lowest BCUT2D eigenvalue weighted by Gasteiger charge is -2.31. The largest absolute Gasteiger partial charge is 0.381 e. The number of ether oxygens (including phenoxy) is 1. The van der Waals surface area contributed by atoms with Gasteiger partial charge in [0.1, 0.15) is 0 Å². The van der Waals surface area contributed by atoms with Crippen molar-refractivity contribution in [3.8, 4) is 11.8 Å². The summed E-state index contributed by atoms with van der Waals surface area (Å²) >= 11 is 0. The molecule has 1 aromatic carbocycles. The van der Waals surface area contributed by atoms with Gasteiger partial charge in [-0.2, -0.15) is 0 Å². The Labute approximate surface area is 119 Å². The minimum atomic E-state index is 0.0657. The molecule has 1 amide bonds. The predicted octanol–water partition coefficient (Wildman–Crippen LogP) is 1.25. The summed E-state index contributed by atoms with van der Waals surface area (Å²) in [7, 11) is 1.72. The van der Waals surface area contributed by atoms with Gasteiger partial charge in [-0.25, -0.2) is 0 Å². The number of hydrogen-bond donors (Lipinski definition) is 1. The molecule has 1 aliphatic rings. The van der Waals surface area contributed by atoms with Gasteiger partial charge in [-0.05, 0) is 31.0 Å². The van der Waals surface area contributed by atoms with Crippen LogP contribution in [0.25, 0.3) is 0 Å². The molecule has 0 spiro atoms. The molecule has 0 atom stereocenters. The van der Waals surface area contributed by atoms with Crippen molar-refractivity contribution in [1.82, 2.24) is 4.90 Å². The van der Waals surface area contributed by atoms with E-state index in [1.165, 1.54) is 0 Å². The number of piperidine rings is 1. The maximum atomic E-state index is 12.4. The third-order valence-corrected chi connectivity index (χ3v) is 3.51. The number of benzene rings is 1. The molecular formula is C16H20N2O2. The standard InChI is InChI=1S/C16H20N2O2/c1-20-15-7-10-18(11-8-15)16(19)14-6-2-4-13(12-14)5-3-9-17/h2,4,6,12,15H,7-11,17H2,1H3. The van der Waals surface area contributed by atoms with Gasteiger partial charge in [0.15, 0.2) is 0 Å². The molecule has 1 saturated heterocycles. The number of nitrogens with two attached hydrogens (primary N) is 1. The molecule has 0 aromatic heterocycles. The van der Waals surface area contributed by atoms with E-state index in [4.69, 9.17) is 10.5 Å². The van der Waals surface area contributed by atoms with Crippen LogP contribution in [0, 0.1) is 11.8 Å². The van der Waals surface area contributed by atoms with Crippen molar-refractivity contribution < 1.29 is 9.53 Å². The number of rotatable bonds is 2. The fraction of sp³-hybridized carbons (Fsp3) is 0.438. The SMILES string of the molecule is COC1CCN(C(=O)c2cccc(C#CCN)c2)CC1. The maximum Gasteiger partial charge on any atom is 0.253 e. The van der Waals surface area contributed by atoms with Crippen molar-refractivity contribution in [3.05, 3.63) is 35.4 Å². The van der Waals surface area contributed by atoms with Crippen LogP contribution in [0.1, 0.15) is 28.8 Å². The van der Waals surface area contributed by atoms with Gasteiger partial charge < -0.3 is 15.4 Å². The Morgan fingerprint density at radius 2 is 2.20 bits per heavy atom. The van der Waals surface area contributed by atoms with Crippen LogP contribution >= 0.6 is 0 Å². The lowest BCUT2D eigenvalue weighted by molar-refractivity contribution is 0.0351. The summed E-state index contributed by atoms with van der Waals surface area (Å²) in [5.41, 5.74) is 6.87. The van der Waals surface area contributed by atoms with Gasteiger partial charge >= 0.3 is 0 Å². The van der Waals surface area contributed by atoms with Crippen LogP contribution in [-0.4, -0.2) is 43.7 Å². The van der Waals surface area contributed by atoms with Crippen LogP contribution in [0.4, 0.5) is 0 Å². The molecule has 4 nitrogen and oxygen atoms in total. The summed E-state index contributed by atoms with van der Waals surface area (Å²) in [5.74, 6) is 5.82. The normalized spacial score (nSPS) is 15.6. The zero-order valence-corrected chi connectivity index (χ0v) is 11.8. The third-order valence-electron chi connectivity index (χ3n) is 3.51. The van der Waals surface area contributed by atoms with Crippen molar-refractivity contribution >= 4 is 5.91 Å². The van der Waals surface area contributed by atoms with Gasteiger partial charge in [0.25, 0.3) is 5.91 Å². The van der Waals surface area contributed by atoms with Crippen molar-refractivity contribution in [2.75, 3.05) is 26.7 Å². The van der Waals surface area contributed by atoms with E-state index in [1.54, 1.807) is 7.11 Å². The second kappa shape index (κ2) is 7.09. The van der Waals surface area contributed by atoms with E-state index < -0.39 is 0 Å². The molecule has 0 saturated carbocycles. The molecule has 0 radical (unpaired) electrons.